The Kier molecular flexibility index (Phi) is 5.02. The highest BCUT2D eigenvalue weighted by Gasteiger charge is 2.15. The number of methoxy groups -OCH3 is 1. The van der Waals surface area contributed by atoms with Crippen LogP contribution in [-0.4, -0.2) is 25.2 Å². The smallest absolute Gasteiger partial charge is 0.325 e. The average Bonchev–Trinajstić information content (AvgIpc) is 2.24. The molecule has 1 N–H and O–H groups in total. The largest absolute Gasteiger partial charge is 0.496 e. The van der Waals surface area contributed by atoms with Gasteiger partial charge in [-0.2, -0.15) is 0 Å². The van der Waals surface area contributed by atoms with E-state index >= 15 is 0 Å². The Morgan fingerprint density at radius 2 is 2.06 bits per heavy atom. The van der Waals surface area contributed by atoms with Crippen molar-refractivity contribution in [1.29, 1.82) is 0 Å². The molecule has 0 atom stereocenters. The number of esters is 1. The quantitative estimate of drug-likeness (QED) is 0.867. The minimum atomic E-state index is -0.459. The summed E-state index contributed by atoms with van der Waals surface area (Å²) in [6.07, 6.45) is 0. The van der Waals surface area contributed by atoms with Gasteiger partial charge in [0, 0.05) is 5.69 Å². The van der Waals surface area contributed by atoms with Gasteiger partial charge in [-0.3, -0.25) is 4.79 Å². The summed E-state index contributed by atoms with van der Waals surface area (Å²) in [4.78, 5) is 11.5. The lowest BCUT2D eigenvalue weighted by Crippen LogP contribution is -2.28. The van der Waals surface area contributed by atoms with E-state index in [9.17, 15) is 4.79 Å². The van der Waals surface area contributed by atoms with Gasteiger partial charge < -0.3 is 14.8 Å². The molecule has 0 radical (unpaired) electrons. The van der Waals surface area contributed by atoms with Gasteiger partial charge in [0.25, 0.3) is 0 Å². The number of ether oxygens (including phenoxy) is 2. The first-order valence-corrected chi connectivity index (χ1v) is 6.40. The van der Waals surface area contributed by atoms with Gasteiger partial charge in [0.1, 0.15) is 17.9 Å². The van der Waals surface area contributed by atoms with Crippen LogP contribution in [0.4, 0.5) is 5.69 Å². The van der Waals surface area contributed by atoms with Gasteiger partial charge in [-0.25, -0.2) is 0 Å². The fraction of sp³-hybridized carbons (Fsp3) is 0.462. The summed E-state index contributed by atoms with van der Waals surface area (Å²) in [5.41, 5.74) is 0.368. The number of nitrogens with one attached hydrogen (secondary N) is 1. The van der Waals surface area contributed by atoms with E-state index in [0.717, 1.165) is 15.9 Å². The summed E-state index contributed by atoms with van der Waals surface area (Å²) in [5.74, 6) is 0.465. The van der Waals surface area contributed by atoms with Crippen LogP contribution in [0, 0.1) is 0 Å². The van der Waals surface area contributed by atoms with Crippen molar-refractivity contribution in [2.45, 2.75) is 26.4 Å². The van der Waals surface area contributed by atoms with Crippen LogP contribution in [0.15, 0.2) is 22.7 Å². The van der Waals surface area contributed by atoms with E-state index in [-0.39, 0.29) is 12.5 Å². The average molecular weight is 316 g/mol. The molecule has 0 heterocycles. The van der Waals surface area contributed by atoms with Crippen molar-refractivity contribution in [3.05, 3.63) is 22.7 Å². The third-order valence-corrected chi connectivity index (χ3v) is 2.63. The SMILES string of the molecule is COc1ccc(NCC(=O)OC(C)(C)C)cc1Br. The first kappa shape index (κ1) is 14.8. The molecule has 18 heavy (non-hydrogen) atoms. The maximum Gasteiger partial charge on any atom is 0.325 e. The minimum absolute atomic E-state index is 0.135. The number of carbonyl (C=O) groups excluding carboxylic acids is 1. The summed E-state index contributed by atoms with van der Waals surface area (Å²) in [6, 6.07) is 5.51. The first-order valence-electron chi connectivity index (χ1n) is 5.61. The molecule has 0 spiro atoms. The van der Waals surface area contributed by atoms with E-state index in [0.29, 0.717) is 0 Å². The number of hydrogen-bond acceptors (Lipinski definition) is 4. The minimum Gasteiger partial charge on any atom is -0.496 e. The maximum absolute atomic E-state index is 11.5. The zero-order valence-corrected chi connectivity index (χ0v) is 12.6. The zero-order valence-electron chi connectivity index (χ0n) is 11.0. The number of benzene rings is 1. The van der Waals surface area contributed by atoms with Crippen LogP contribution in [0.1, 0.15) is 20.8 Å². The molecular formula is C13H18BrNO3. The lowest BCUT2D eigenvalue weighted by molar-refractivity contribution is -0.152. The van der Waals surface area contributed by atoms with Crippen molar-refractivity contribution in [2.24, 2.45) is 0 Å². The molecule has 0 aliphatic carbocycles. The third-order valence-electron chi connectivity index (χ3n) is 2.01. The Bertz CT molecular complexity index is 427. The predicted molar refractivity (Wildman–Crippen MR) is 75.0 cm³/mol. The third kappa shape index (κ3) is 4.96. The van der Waals surface area contributed by atoms with Crippen LogP contribution >= 0.6 is 15.9 Å². The van der Waals surface area contributed by atoms with Crippen LogP contribution in [-0.2, 0) is 9.53 Å². The van der Waals surface area contributed by atoms with Crippen molar-refractivity contribution in [3.63, 3.8) is 0 Å². The number of anilines is 1. The van der Waals surface area contributed by atoms with E-state index in [1.54, 1.807) is 7.11 Å². The highest BCUT2D eigenvalue weighted by molar-refractivity contribution is 9.10. The molecular weight excluding hydrogens is 298 g/mol. The summed E-state index contributed by atoms with van der Waals surface area (Å²) >= 11 is 3.38. The van der Waals surface area contributed by atoms with Gasteiger partial charge in [-0.1, -0.05) is 0 Å². The number of rotatable bonds is 4. The fourth-order valence-electron chi connectivity index (χ4n) is 1.33. The number of halogens is 1. The molecule has 0 aromatic heterocycles. The molecule has 0 aliphatic heterocycles. The Morgan fingerprint density at radius 1 is 1.39 bits per heavy atom. The molecule has 4 nitrogen and oxygen atoms in total. The normalized spacial score (nSPS) is 10.9. The Labute approximate surface area is 116 Å². The molecule has 0 unspecified atom stereocenters. The molecule has 0 aliphatic rings. The lowest BCUT2D eigenvalue weighted by Gasteiger charge is -2.19. The summed E-state index contributed by atoms with van der Waals surface area (Å²) in [6.45, 7) is 5.66. The molecule has 1 aromatic rings. The second-order valence-electron chi connectivity index (χ2n) is 4.79. The highest BCUT2D eigenvalue weighted by atomic mass is 79.9. The molecule has 100 valence electrons. The first-order chi connectivity index (χ1) is 8.31. The van der Waals surface area contributed by atoms with Crippen molar-refractivity contribution in [3.8, 4) is 5.75 Å². The number of hydrogen-bond donors (Lipinski definition) is 1. The van der Waals surface area contributed by atoms with Gasteiger partial charge in [-0.05, 0) is 54.9 Å². The molecule has 0 bridgehead atoms. The van der Waals surface area contributed by atoms with E-state index in [2.05, 4.69) is 21.2 Å². The number of carbonyl (C=O) groups is 1. The van der Waals surface area contributed by atoms with Crippen LogP contribution < -0.4 is 10.1 Å². The van der Waals surface area contributed by atoms with E-state index in [4.69, 9.17) is 9.47 Å². The Balaban J connectivity index is 2.54. The lowest BCUT2D eigenvalue weighted by atomic mass is 10.2. The predicted octanol–water partition coefficient (Wildman–Crippen LogP) is 3.21. The van der Waals surface area contributed by atoms with Crippen molar-refractivity contribution >= 4 is 27.6 Å². The Morgan fingerprint density at radius 3 is 2.56 bits per heavy atom. The summed E-state index contributed by atoms with van der Waals surface area (Å²) < 4.78 is 11.2. The van der Waals surface area contributed by atoms with Crippen LogP contribution in [0.3, 0.4) is 0 Å². The standard InChI is InChI=1S/C13H18BrNO3/c1-13(2,3)18-12(16)8-15-9-5-6-11(17-4)10(14)7-9/h5-7,15H,8H2,1-4H3. The van der Waals surface area contributed by atoms with Gasteiger partial charge in [0.2, 0.25) is 0 Å². The van der Waals surface area contributed by atoms with E-state index in [1.165, 1.54) is 0 Å². The molecule has 1 aromatic carbocycles. The van der Waals surface area contributed by atoms with Gasteiger partial charge in [0.05, 0.1) is 11.6 Å². The summed E-state index contributed by atoms with van der Waals surface area (Å²) in [7, 11) is 1.61. The van der Waals surface area contributed by atoms with Gasteiger partial charge in [-0.15, -0.1) is 0 Å². The topological polar surface area (TPSA) is 47.6 Å². The molecule has 0 amide bonds. The van der Waals surface area contributed by atoms with Crippen molar-refractivity contribution < 1.29 is 14.3 Å². The van der Waals surface area contributed by atoms with Crippen LogP contribution in [0.25, 0.3) is 0 Å². The molecule has 1 rings (SSSR count). The maximum atomic E-state index is 11.5. The van der Waals surface area contributed by atoms with E-state index < -0.39 is 5.60 Å². The van der Waals surface area contributed by atoms with Crippen LogP contribution in [0.5, 0.6) is 5.75 Å². The second kappa shape index (κ2) is 6.09. The molecule has 5 heteroatoms. The molecule has 0 fully saturated rings. The Hall–Kier alpha value is -1.23. The second-order valence-corrected chi connectivity index (χ2v) is 5.64. The van der Waals surface area contributed by atoms with Gasteiger partial charge >= 0.3 is 5.97 Å². The molecule has 0 saturated carbocycles. The van der Waals surface area contributed by atoms with Crippen molar-refractivity contribution in [1.82, 2.24) is 0 Å². The summed E-state index contributed by atoms with van der Waals surface area (Å²) in [5, 5.41) is 3.00. The monoisotopic (exact) mass is 315 g/mol. The van der Waals surface area contributed by atoms with E-state index in [1.807, 2.05) is 39.0 Å². The highest BCUT2D eigenvalue weighted by Crippen LogP contribution is 2.27. The molecule has 0 saturated heterocycles. The zero-order chi connectivity index (χ0) is 13.8. The fourth-order valence-corrected chi connectivity index (χ4v) is 1.87. The van der Waals surface area contributed by atoms with Crippen LogP contribution in [0.2, 0.25) is 0 Å². The van der Waals surface area contributed by atoms with Gasteiger partial charge in [0.15, 0.2) is 0 Å². The van der Waals surface area contributed by atoms with Crippen molar-refractivity contribution in [2.75, 3.05) is 19.0 Å².